The number of aromatic nitrogens is 1. The minimum Gasteiger partial charge on any atom is -0.465 e. The van der Waals surface area contributed by atoms with Gasteiger partial charge in [-0.05, 0) is 12.0 Å². The molecule has 2 rings (SSSR count). The highest BCUT2D eigenvalue weighted by Gasteiger charge is 2.33. The van der Waals surface area contributed by atoms with Crippen LogP contribution in [0.4, 0.5) is 5.69 Å². The van der Waals surface area contributed by atoms with Crippen LogP contribution in [0.1, 0.15) is 23.7 Å². The predicted octanol–water partition coefficient (Wildman–Crippen LogP) is 1.50. The molecule has 1 aromatic rings. The van der Waals surface area contributed by atoms with Gasteiger partial charge in [0.2, 0.25) is 5.91 Å². The number of thioether (sulfide) groups is 1. The van der Waals surface area contributed by atoms with Crippen molar-refractivity contribution in [2.75, 3.05) is 24.3 Å². The Hall–Kier alpha value is -1.89. The van der Waals surface area contributed by atoms with Crippen molar-refractivity contribution in [3.8, 4) is 0 Å². The molecular formula is C14H16N2O4S. The van der Waals surface area contributed by atoms with Gasteiger partial charge < -0.3 is 9.64 Å². The molecule has 0 N–H and O–H groups in total. The van der Waals surface area contributed by atoms with E-state index in [9.17, 15) is 14.4 Å². The number of pyridine rings is 1. The van der Waals surface area contributed by atoms with E-state index in [1.165, 1.54) is 38.2 Å². The smallest absolute Gasteiger partial charge is 0.341 e. The van der Waals surface area contributed by atoms with Gasteiger partial charge in [0.05, 0.1) is 12.8 Å². The van der Waals surface area contributed by atoms with E-state index in [1.807, 2.05) is 0 Å². The summed E-state index contributed by atoms with van der Waals surface area (Å²) in [5.74, 6) is 0.133. The number of methoxy groups -OCH3 is 1. The number of carbonyl (C=O) groups is 3. The molecule has 0 saturated carbocycles. The van der Waals surface area contributed by atoms with Gasteiger partial charge in [-0.2, -0.15) is 0 Å². The van der Waals surface area contributed by atoms with Crippen LogP contribution in [-0.2, 0) is 14.3 Å². The number of ether oxygens (including phenoxy) is 1. The van der Waals surface area contributed by atoms with E-state index in [1.54, 1.807) is 11.0 Å². The summed E-state index contributed by atoms with van der Waals surface area (Å²) in [5.41, 5.74) is 0.783. The molecule has 1 aromatic heterocycles. The normalized spacial score (nSPS) is 17.9. The van der Waals surface area contributed by atoms with Gasteiger partial charge in [0, 0.05) is 38.0 Å². The topological polar surface area (TPSA) is 76.6 Å². The summed E-state index contributed by atoms with van der Waals surface area (Å²) in [6.07, 6.45) is 3.31. The van der Waals surface area contributed by atoms with E-state index in [2.05, 4.69) is 4.98 Å². The number of esters is 1. The van der Waals surface area contributed by atoms with Crippen molar-refractivity contribution < 1.29 is 19.1 Å². The Morgan fingerprint density at radius 2 is 2.29 bits per heavy atom. The van der Waals surface area contributed by atoms with E-state index in [4.69, 9.17) is 4.74 Å². The molecule has 0 radical (unpaired) electrons. The lowest BCUT2D eigenvalue weighted by atomic mass is 10.1. The number of anilines is 1. The Bertz CT molecular complexity index is 576. The van der Waals surface area contributed by atoms with Crippen LogP contribution < -0.4 is 4.90 Å². The number of nitrogens with zero attached hydrogens (tertiary/aromatic N) is 2. The van der Waals surface area contributed by atoms with Crippen LogP contribution in [0.3, 0.4) is 0 Å². The van der Waals surface area contributed by atoms with Crippen molar-refractivity contribution in [1.29, 1.82) is 0 Å². The monoisotopic (exact) mass is 308 g/mol. The third-order valence-corrected chi connectivity index (χ3v) is 4.27. The maximum Gasteiger partial charge on any atom is 0.341 e. The summed E-state index contributed by atoms with van der Waals surface area (Å²) < 4.78 is 4.71. The molecule has 1 amide bonds. The van der Waals surface area contributed by atoms with E-state index in [-0.39, 0.29) is 22.5 Å². The first kappa shape index (κ1) is 15.5. The zero-order valence-electron chi connectivity index (χ0n) is 11.9. The van der Waals surface area contributed by atoms with Crippen molar-refractivity contribution in [3.05, 3.63) is 24.0 Å². The van der Waals surface area contributed by atoms with Gasteiger partial charge in [-0.1, -0.05) is 11.8 Å². The molecule has 7 heteroatoms. The molecule has 112 valence electrons. The van der Waals surface area contributed by atoms with Gasteiger partial charge in [0.15, 0.2) is 5.12 Å². The van der Waals surface area contributed by atoms with Gasteiger partial charge in [-0.25, -0.2) is 4.79 Å². The lowest BCUT2D eigenvalue weighted by Gasteiger charge is -2.19. The van der Waals surface area contributed by atoms with Crippen molar-refractivity contribution in [3.63, 3.8) is 0 Å². The molecule has 0 spiro atoms. The molecule has 6 nitrogen and oxygen atoms in total. The Labute approximate surface area is 126 Å². The summed E-state index contributed by atoms with van der Waals surface area (Å²) in [5, 5.41) is 0.0417. The lowest BCUT2D eigenvalue weighted by molar-refractivity contribution is -0.117. The van der Waals surface area contributed by atoms with Crippen LogP contribution in [0.2, 0.25) is 0 Å². The largest absolute Gasteiger partial charge is 0.465 e. The second-order valence-corrected chi connectivity index (χ2v) is 5.96. The second-order valence-electron chi connectivity index (χ2n) is 4.76. The number of carbonyl (C=O) groups excluding carboxylic acids is 3. The average molecular weight is 308 g/mol. The Morgan fingerprint density at radius 1 is 1.52 bits per heavy atom. The standard InChI is InChI=1S/C14H16N2O4S/c1-9(17)21-8-10-5-13(18)16(7-10)12-3-4-15-6-11(12)14(19)20-2/h3-4,6,10H,5,7-8H2,1-2H3. The number of hydrogen-bond donors (Lipinski definition) is 0. The Kier molecular flexibility index (Phi) is 4.95. The van der Waals surface area contributed by atoms with E-state index < -0.39 is 5.97 Å². The summed E-state index contributed by atoms with van der Waals surface area (Å²) in [6.45, 7) is 2.00. The van der Waals surface area contributed by atoms with Crippen molar-refractivity contribution in [2.45, 2.75) is 13.3 Å². The highest BCUT2D eigenvalue weighted by molar-refractivity contribution is 8.13. The SMILES string of the molecule is COC(=O)c1cnccc1N1CC(CSC(C)=O)CC1=O. The maximum atomic E-state index is 12.2. The molecule has 0 aromatic carbocycles. The highest BCUT2D eigenvalue weighted by Crippen LogP contribution is 2.29. The maximum absolute atomic E-state index is 12.2. The molecule has 21 heavy (non-hydrogen) atoms. The summed E-state index contributed by atoms with van der Waals surface area (Å²) >= 11 is 1.22. The predicted molar refractivity (Wildman–Crippen MR) is 79.2 cm³/mol. The van der Waals surface area contributed by atoms with Gasteiger partial charge >= 0.3 is 5.97 Å². The molecule has 0 aliphatic carbocycles. The molecule has 1 saturated heterocycles. The third-order valence-electron chi connectivity index (χ3n) is 3.22. The zero-order chi connectivity index (χ0) is 15.4. The highest BCUT2D eigenvalue weighted by atomic mass is 32.2. The van der Waals surface area contributed by atoms with Crippen LogP contribution in [-0.4, -0.2) is 41.4 Å². The quantitative estimate of drug-likeness (QED) is 0.785. The average Bonchev–Trinajstić information content (AvgIpc) is 2.85. The molecule has 1 aliphatic heterocycles. The molecule has 1 atom stereocenters. The number of rotatable bonds is 4. The van der Waals surface area contributed by atoms with Crippen molar-refractivity contribution >= 4 is 34.4 Å². The fourth-order valence-electron chi connectivity index (χ4n) is 2.25. The molecule has 1 fully saturated rings. The van der Waals surface area contributed by atoms with Crippen LogP contribution >= 0.6 is 11.8 Å². The summed E-state index contributed by atoms with van der Waals surface area (Å²) in [7, 11) is 1.29. The second kappa shape index (κ2) is 6.71. The van der Waals surface area contributed by atoms with Gasteiger partial charge in [-0.3, -0.25) is 14.6 Å². The number of amides is 1. The molecule has 1 unspecified atom stereocenters. The van der Waals surface area contributed by atoms with E-state index >= 15 is 0 Å². The first-order valence-corrected chi connectivity index (χ1v) is 7.47. The van der Waals surface area contributed by atoms with Crippen molar-refractivity contribution in [2.24, 2.45) is 5.92 Å². The summed E-state index contributed by atoms with van der Waals surface area (Å²) in [6, 6.07) is 1.63. The molecule has 0 bridgehead atoms. The Morgan fingerprint density at radius 3 is 2.95 bits per heavy atom. The first-order chi connectivity index (χ1) is 10.0. The summed E-state index contributed by atoms with van der Waals surface area (Å²) in [4.78, 5) is 40.4. The minimum atomic E-state index is -0.521. The molecule has 2 heterocycles. The van der Waals surface area contributed by atoms with Gasteiger partial charge in [0.1, 0.15) is 5.56 Å². The van der Waals surface area contributed by atoms with E-state index in [0.29, 0.717) is 24.4 Å². The van der Waals surface area contributed by atoms with Gasteiger partial charge in [0.25, 0.3) is 0 Å². The minimum absolute atomic E-state index is 0.0417. The van der Waals surface area contributed by atoms with Gasteiger partial charge in [-0.15, -0.1) is 0 Å². The molecule has 1 aliphatic rings. The first-order valence-electron chi connectivity index (χ1n) is 6.49. The van der Waals surface area contributed by atoms with Crippen LogP contribution in [0, 0.1) is 5.92 Å². The zero-order valence-corrected chi connectivity index (χ0v) is 12.7. The fraction of sp³-hybridized carbons (Fsp3) is 0.429. The number of hydrogen-bond acceptors (Lipinski definition) is 6. The van der Waals surface area contributed by atoms with Crippen LogP contribution in [0.25, 0.3) is 0 Å². The fourth-order valence-corrected chi connectivity index (χ4v) is 2.94. The Balaban J connectivity index is 2.17. The van der Waals surface area contributed by atoms with Crippen molar-refractivity contribution in [1.82, 2.24) is 4.98 Å². The van der Waals surface area contributed by atoms with Crippen LogP contribution in [0.5, 0.6) is 0 Å². The third kappa shape index (κ3) is 3.60. The lowest BCUT2D eigenvalue weighted by Crippen LogP contribution is -2.27. The van der Waals surface area contributed by atoms with Crippen LogP contribution in [0.15, 0.2) is 18.5 Å². The molecular weight excluding hydrogens is 292 g/mol. The van der Waals surface area contributed by atoms with E-state index in [0.717, 1.165) is 0 Å².